The highest BCUT2D eigenvalue weighted by Gasteiger charge is 2.14. The molecule has 0 saturated carbocycles. The molecular weight excluding hydrogens is 234 g/mol. The van der Waals surface area contributed by atoms with Crippen LogP contribution in [0.4, 0.5) is 5.69 Å². The van der Waals surface area contributed by atoms with Gasteiger partial charge in [-0.05, 0) is 32.2 Å². The van der Waals surface area contributed by atoms with Crippen LogP contribution in [0.1, 0.15) is 17.3 Å². The van der Waals surface area contributed by atoms with Crippen molar-refractivity contribution in [3.8, 4) is 5.75 Å². The van der Waals surface area contributed by atoms with Crippen LogP contribution >= 0.6 is 0 Å². The predicted molar refractivity (Wildman–Crippen MR) is 68.7 cm³/mol. The lowest BCUT2D eigenvalue weighted by Crippen LogP contribution is -2.35. The van der Waals surface area contributed by atoms with Crippen LogP contribution in [0, 0.1) is 0 Å². The number of nitrogens with two attached hydrogens (primary N) is 1. The molecule has 1 aromatic carbocycles. The van der Waals surface area contributed by atoms with Crippen LogP contribution in [0.5, 0.6) is 5.75 Å². The second-order valence-electron chi connectivity index (χ2n) is 3.78. The van der Waals surface area contributed by atoms with Gasteiger partial charge in [-0.2, -0.15) is 0 Å². The number of likely N-dealkylation sites (N-methyl/N-ethyl adjacent to an activating group) is 1. The summed E-state index contributed by atoms with van der Waals surface area (Å²) in [7, 11) is 3.16. The predicted octanol–water partition coefficient (Wildman–Crippen LogP) is 0.340. The average molecular weight is 251 g/mol. The molecule has 1 rings (SSSR count). The summed E-state index contributed by atoms with van der Waals surface area (Å²) >= 11 is 0. The molecule has 0 fully saturated rings. The zero-order valence-electron chi connectivity index (χ0n) is 10.6. The second-order valence-corrected chi connectivity index (χ2v) is 3.78. The number of hydrogen-bond donors (Lipinski definition) is 3. The number of hydrogen-bond acceptors (Lipinski definition) is 4. The zero-order chi connectivity index (χ0) is 13.7. The van der Waals surface area contributed by atoms with E-state index in [2.05, 4.69) is 10.6 Å². The molecular formula is C12H17N3O3. The molecule has 98 valence electrons. The molecule has 0 spiro atoms. The maximum Gasteiger partial charge on any atom is 0.248 e. The summed E-state index contributed by atoms with van der Waals surface area (Å²) in [5.41, 5.74) is 5.91. The van der Waals surface area contributed by atoms with Crippen molar-refractivity contribution in [1.82, 2.24) is 5.32 Å². The van der Waals surface area contributed by atoms with Crippen molar-refractivity contribution in [3.05, 3.63) is 23.8 Å². The third kappa shape index (κ3) is 3.21. The summed E-state index contributed by atoms with van der Waals surface area (Å²) in [5, 5.41) is 5.49. The number of primary amides is 1. The van der Waals surface area contributed by atoms with Gasteiger partial charge in [0.25, 0.3) is 0 Å². The number of methoxy groups -OCH3 is 1. The lowest BCUT2D eigenvalue weighted by atomic mass is 10.1. The van der Waals surface area contributed by atoms with Crippen LogP contribution < -0.4 is 21.1 Å². The minimum Gasteiger partial charge on any atom is -0.495 e. The van der Waals surface area contributed by atoms with Crippen molar-refractivity contribution < 1.29 is 14.3 Å². The monoisotopic (exact) mass is 251 g/mol. The lowest BCUT2D eigenvalue weighted by Gasteiger charge is -2.14. The molecule has 2 amide bonds. The van der Waals surface area contributed by atoms with Crippen molar-refractivity contribution in [3.63, 3.8) is 0 Å². The van der Waals surface area contributed by atoms with Crippen LogP contribution in [0.2, 0.25) is 0 Å². The first-order valence-corrected chi connectivity index (χ1v) is 5.45. The zero-order valence-corrected chi connectivity index (χ0v) is 10.6. The first-order valence-electron chi connectivity index (χ1n) is 5.45. The molecule has 0 aliphatic carbocycles. The summed E-state index contributed by atoms with van der Waals surface area (Å²) in [6, 6.07) is 4.26. The summed E-state index contributed by atoms with van der Waals surface area (Å²) in [6.45, 7) is 1.72. The van der Waals surface area contributed by atoms with Crippen LogP contribution in [-0.2, 0) is 4.79 Å². The van der Waals surface area contributed by atoms with Gasteiger partial charge in [-0.15, -0.1) is 0 Å². The van der Waals surface area contributed by atoms with Crippen molar-refractivity contribution in [2.75, 3.05) is 19.5 Å². The molecule has 6 nitrogen and oxygen atoms in total. The Labute approximate surface area is 105 Å². The van der Waals surface area contributed by atoms with E-state index in [-0.39, 0.29) is 11.9 Å². The van der Waals surface area contributed by atoms with E-state index in [0.717, 1.165) is 0 Å². The SMILES string of the molecule is CNC(C)C(=O)Nc1cc(C(N)=O)ccc1OC. The first kappa shape index (κ1) is 14.0. The minimum atomic E-state index is -0.560. The van der Waals surface area contributed by atoms with E-state index in [1.807, 2.05) is 0 Å². The Kier molecular flexibility index (Phi) is 4.67. The highest BCUT2D eigenvalue weighted by molar-refractivity contribution is 5.99. The van der Waals surface area contributed by atoms with Gasteiger partial charge in [0, 0.05) is 5.56 Å². The van der Waals surface area contributed by atoms with E-state index < -0.39 is 5.91 Å². The summed E-state index contributed by atoms with van der Waals surface area (Å²) < 4.78 is 5.11. The van der Waals surface area contributed by atoms with E-state index in [1.54, 1.807) is 26.1 Å². The third-order valence-electron chi connectivity index (χ3n) is 2.57. The number of carbonyl (C=O) groups is 2. The Bertz CT molecular complexity index is 460. The highest BCUT2D eigenvalue weighted by Crippen LogP contribution is 2.25. The number of benzene rings is 1. The topological polar surface area (TPSA) is 93.5 Å². The fourth-order valence-electron chi connectivity index (χ4n) is 1.33. The summed E-state index contributed by atoms with van der Waals surface area (Å²) in [6.07, 6.45) is 0. The molecule has 0 aliphatic rings. The fourth-order valence-corrected chi connectivity index (χ4v) is 1.33. The molecule has 0 aliphatic heterocycles. The Morgan fingerprint density at radius 1 is 1.39 bits per heavy atom. The Morgan fingerprint density at radius 3 is 2.56 bits per heavy atom. The Morgan fingerprint density at radius 2 is 2.06 bits per heavy atom. The lowest BCUT2D eigenvalue weighted by molar-refractivity contribution is -0.117. The van der Waals surface area contributed by atoms with Crippen molar-refractivity contribution in [2.24, 2.45) is 5.73 Å². The Hall–Kier alpha value is -2.08. The van der Waals surface area contributed by atoms with Crippen LogP contribution in [0.25, 0.3) is 0 Å². The number of anilines is 1. The molecule has 0 bridgehead atoms. The Balaban J connectivity index is 3.01. The maximum absolute atomic E-state index is 11.7. The van der Waals surface area contributed by atoms with Gasteiger partial charge in [-0.1, -0.05) is 0 Å². The maximum atomic E-state index is 11.7. The molecule has 6 heteroatoms. The van der Waals surface area contributed by atoms with Crippen molar-refractivity contribution in [1.29, 1.82) is 0 Å². The van der Waals surface area contributed by atoms with Crippen LogP contribution in [-0.4, -0.2) is 32.0 Å². The van der Waals surface area contributed by atoms with Gasteiger partial charge in [0.2, 0.25) is 11.8 Å². The number of carbonyl (C=O) groups excluding carboxylic acids is 2. The van der Waals surface area contributed by atoms with Gasteiger partial charge < -0.3 is 21.1 Å². The first-order chi connectivity index (χ1) is 8.49. The molecule has 0 radical (unpaired) electrons. The molecule has 0 saturated heterocycles. The van der Waals surface area contributed by atoms with Crippen LogP contribution in [0.3, 0.4) is 0 Å². The van der Waals surface area contributed by atoms with Gasteiger partial charge in [0.1, 0.15) is 5.75 Å². The number of amides is 2. The smallest absolute Gasteiger partial charge is 0.248 e. The summed E-state index contributed by atoms with van der Waals surface area (Å²) in [4.78, 5) is 22.8. The van der Waals surface area contributed by atoms with Gasteiger partial charge >= 0.3 is 0 Å². The molecule has 18 heavy (non-hydrogen) atoms. The van der Waals surface area contributed by atoms with E-state index >= 15 is 0 Å². The standard InChI is InChI=1S/C12H17N3O3/c1-7(14-2)12(17)15-9-6-8(11(13)16)4-5-10(9)18-3/h4-7,14H,1-3H3,(H2,13,16)(H,15,17). The number of nitrogens with one attached hydrogen (secondary N) is 2. The van der Waals surface area contributed by atoms with E-state index in [4.69, 9.17) is 10.5 Å². The fraction of sp³-hybridized carbons (Fsp3) is 0.333. The average Bonchev–Trinajstić information content (AvgIpc) is 2.37. The van der Waals surface area contributed by atoms with E-state index in [0.29, 0.717) is 17.0 Å². The molecule has 4 N–H and O–H groups in total. The van der Waals surface area contributed by atoms with Gasteiger partial charge in [-0.25, -0.2) is 0 Å². The van der Waals surface area contributed by atoms with Gasteiger partial charge in [-0.3, -0.25) is 9.59 Å². The molecule has 1 aromatic rings. The van der Waals surface area contributed by atoms with Crippen molar-refractivity contribution >= 4 is 17.5 Å². The third-order valence-corrected chi connectivity index (χ3v) is 2.57. The largest absolute Gasteiger partial charge is 0.495 e. The molecule has 0 aromatic heterocycles. The highest BCUT2D eigenvalue weighted by atomic mass is 16.5. The summed E-state index contributed by atoms with van der Waals surface area (Å²) in [5.74, 6) is -0.316. The molecule has 1 atom stereocenters. The number of rotatable bonds is 5. The van der Waals surface area contributed by atoms with Crippen LogP contribution in [0.15, 0.2) is 18.2 Å². The van der Waals surface area contributed by atoms with E-state index in [9.17, 15) is 9.59 Å². The normalized spacial score (nSPS) is 11.7. The number of ether oxygens (including phenoxy) is 1. The van der Waals surface area contributed by atoms with Gasteiger partial charge in [0.05, 0.1) is 18.8 Å². The van der Waals surface area contributed by atoms with Gasteiger partial charge in [0.15, 0.2) is 0 Å². The van der Waals surface area contributed by atoms with Crippen molar-refractivity contribution in [2.45, 2.75) is 13.0 Å². The molecule has 1 unspecified atom stereocenters. The van der Waals surface area contributed by atoms with E-state index in [1.165, 1.54) is 13.2 Å². The quantitative estimate of drug-likeness (QED) is 0.703. The molecule has 0 heterocycles. The minimum absolute atomic E-state index is 0.225. The second kappa shape index (κ2) is 6.02.